The van der Waals surface area contributed by atoms with Gasteiger partial charge in [0.15, 0.2) is 9.84 Å². The SMILES string of the molecule is CC(NC(=O)C(C)S(C)(=O)=O)c1ccc(C#CCN)cc1. The van der Waals surface area contributed by atoms with Crippen LogP contribution in [0.25, 0.3) is 0 Å². The molecule has 2 unspecified atom stereocenters. The lowest BCUT2D eigenvalue weighted by atomic mass is 10.1. The molecule has 0 bridgehead atoms. The molecular formula is C15H20N2O3S. The van der Waals surface area contributed by atoms with Crippen molar-refractivity contribution in [3.8, 4) is 11.8 Å². The first-order chi connectivity index (χ1) is 9.75. The maximum atomic E-state index is 11.9. The van der Waals surface area contributed by atoms with Gasteiger partial charge < -0.3 is 11.1 Å². The van der Waals surface area contributed by atoms with Crippen molar-refractivity contribution in [1.82, 2.24) is 5.32 Å². The first-order valence-corrected chi connectivity index (χ1v) is 8.49. The van der Waals surface area contributed by atoms with E-state index >= 15 is 0 Å². The molecule has 0 fully saturated rings. The molecule has 0 aliphatic heterocycles. The van der Waals surface area contributed by atoms with Gasteiger partial charge in [0.1, 0.15) is 5.25 Å². The van der Waals surface area contributed by atoms with Crippen molar-refractivity contribution in [1.29, 1.82) is 0 Å². The molecule has 0 radical (unpaired) electrons. The van der Waals surface area contributed by atoms with Crippen molar-refractivity contribution in [2.75, 3.05) is 12.8 Å². The summed E-state index contributed by atoms with van der Waals surface area (Å²) in [6.07, 6.45) is 1.05. The van der Waals surface area contributed by atoms with Crippen LogP contribution in [0.5, 0.6) is 0 Å². The van der Waals surface area contributed by atoms with Gasteiger partial charge in [-0.3, -0.25) is 4.79 Å². The number of benzene rings is 1. The molecule has 3 N–H and O–H groups in total. The fourth-order valence-corrected chi connectivity index (χ4v) is 2.07. The Labute approximate surface area is 125 Å². The van der Waals surface area contributed by atoms with Gasteiger partial charge in [0, 0.05) is 11.8 Å². The largest absolute Gasteiger partial charge is 0.348 e. The van der Waals surface area contributed by atoms with Gasteiger partial charge in [0.05, 0.1) is 12.6 Å². The van der Waals surface area contributed by atoms with Gasteiger partial charge in [-0.05, 0) is 31.5 Å². The van der Waals surface area contributed by atoms with Crippen molar-refractivity contribution in [3.05, 3.63) is 35.4 Å². The predicted octanol–water partition coefficient (Wildman–Crippen LogP) is 0.607. The van der Waals surface area contributed by atoms with E-state index in [9.17, 15) is 13.2 Å². The minimum atomic E-state index is -3.39. The summed E-state index contributed by atoms with van der Waals surface area (Å²) in [6, 6.07) is 7.08. The average molecular weight is 308 g/mol. The van der Waals surface area contributed by atoms with Gasteiger partial charge in [-0.25, -0.2) is 8.42 Å². The number of carbonyl (C=O) groups excluding carboxylic acids is 1. The molecule has 5 nitrogen and oxygen atoms in total. The zero-order chi connectivity index (χ0) is 16.0. The first-order valence-electron chi connectivity index (χ1n) is 6.54. The zero-order valence-electron chi connectivity index (χ0n) is 12.4. The van der Waals surface area contributed by atoms with Crippen molar-refractivity contribution in [2.45, 2.75) is 25.1 Å². The molecule has 1 aromatic carbocycles. The molecule has 0 aromatic heterocycles. The van der Waals surface area contributed by atoms with Crippen LogP contribution in [0.1, 0.15) is 31.0 Å². The van der Waals surface area contributed by atoms with Crippen LogP contribution in [0.15, 0.2) is 24.3 Å². The number of hydrogen-bond acceptors (Lipinski definition) is 4. The third kappa shape index (κ3) is 5.21. The number of hydrogen-bond donors (Lipinski definition) is 2. The van der Waals surface area contributed by atoms with E-state index in [0.29, 0.717) is 6.54 Å². The van der Waals surface area contributed by atoms with Gasteiger partial charge in [0.25, 0.3) is 0 Å². The third-order valence-corrected chi connectivity index (χ3v) is 4.61. The van der Waals surface area contributed by atoms with Crippen molar-refractivity contribution >= 4 is 15.7 Å². The Balaban J connectivity index is 2.76. The van der Waals surface area contributed by atoms with Gasteiger partial charge in [-0.15, -0.1) is 0 Å². The van der Waals surface area contributed by atoms with Gasteiger partial charge >= 0.3 is 0 Å². The molecule has 0 saturated heterocycles. The summed E-state index contributed by atoms with van der Waals surface area (Å²) in [4.78, 5) is 11.9. The predicted molar refractivity (Wildman–Crippen MR) is 83.2 cm³/mol. The second-order valence-electron chi connectivity index (χ2n) is 4.83. The third-order valence-electron chi connectivity index (χ3n) is 3.12. The minimum Gasteiger partial charge on any atom is -0.348 e. The van der Waals surface area contributed by atoms with E-state index in [1.54, 1.807) is 6.92 Å². The monoisotopic (exact) mass is 308 g/mol. The summed E-state index contributed by atoms with van der Waals surface area (Å²) in [5.41, 5.74) is 7.02. The van der Waals surface area contributed by atoms with E-state index in [-0.39, 0.29) is 6.04 Å². The molecule has 1 amide bonds. The lowest BCUT2D eigenvalue weighted by molar-refractivity contribution is -0.121. The highest BCUT2D eigenvalue weighted by atomic mass is 32.2. The minimum absolute atomic E-state index is 0.279. The van der Waals surface area contributed by atoms with E-state index in [2.05, 4.69) is 17.2 Å². The molecule has 6 heteroatoms. The molecule has 0 aliphatic carbocycles. The fraction of sp³-hybridized carbons (Fsp3) is 0.400. The second-order valence-corrected chi connectivity index (χ2v) is 7.20. The number of nitrogens with one attached hydrogen (secondary N) is 1. The summed E-state index contributed by atoms with van der Waals surface area (Å²) in [5.74, 6) is 5.16. The molecule has 0 heterocycles. The second kappa shape index (κ2) is 7.25. The normalized spacial score (nSPS) is 13.7. The summed E-state index contributed by atoms with van der Waals surface area (Å²) >= 11 is 0. The maximum Gasteiger partial charge on any atom is 0.238 e. The van der Waals surface area contributed by atoms with Crippen LogP contribution >= 0.6 is 0 Å². The standard InChI is InChI=1S/C15H20N2O3S/c1-11(17-15(18)12(2)21(3,19)20)14-8-6-13(7-9-14)5-4-10-16/h6-9,11-12H,10,16H2,1-3H3,(H,17,18). The van der Waals surface area contributed by atoms with E-state index in [1.165, 1.54) is 6.92 Å². The zero-order valence-corrected chi connectivity index (χ0v) is 13.2. The fourth-order valence-electron chi connectivity index (χ4n) is 1.62. The van der Waals surface area contributed by atoms with Crippen LogP contribution in [0.3, 0.4) is 0 Å². The van der Waals surface area contributed by atoms with Gasteiger partial charge in [-0.1, -0.05) is 24.0 Å². The van der Waals surface area contributed by atoms with Gasteiger partial charge in [-0.2, -0.15) is 0 Å². The topological polar surface area (TPSA) is 89.3 Å². The molecule has 0 aliphatic rings. The van der Waals surface area contributed by atoms with Crippen molar-refractivity contribution in [2.24, 2.45) is 5.73 Å². The van der Waals surface area contributed by atoms with Crippen LogP contribution < -0.4 is 11.1 Å². The van der Waals surface area contributed by atoms with Crippen LogP contribution in [0, 0.1) is 11.8 Å². The summed E-state index contributed by atoms with van der Waals surface area (Å²) in [6.45, 7) is 3.48. The number of carbonyl (C=O) groups is 1. The van der Waals surface area contributed by atoms with Crippen LogP contribution in [0.4, 0.5) is 0 Å². The van der Waals surface area contributed by atoms with Crippen molar-refractivity contribution in [3.63, 3.8) is 0 Å². The Morgan fingerprint density at radius 3 is 2.33 bits per heavy atom. The van der Waals surface area contributed by atoms with Gasteiger partial charge in [0.2, 0.25) is 5.91 Å². The Hall–Kier alpha value is -1.84. The quantitative estimate of drug-likeness (QED) is 0.798. The highest BCUT2D eigenvalue weighted by molar-refractivity contribution is 7.92. The van der Waals surface area contributed by atoms with E-state index in [0.717, 1.165) is 17.4 Å². The summed E-state index contributed by atoms with van der Waals surface area (Å²) in [5, 5.41) is 1.63. The van der Waals surface area contributed by atoms with Crippen LogP contribution in [-0.2, 0) is 14.6 Å². The molecule has 21 heavy (non-hydrogen) atoms. The average Bonchev–Trinajstić information content (AvgIpc) is 2.43. The number of rotatable bonds is 4. The summed E-state index contributed by atoms with van der Waals surface area (Å²) < 4.78 is 22.7. The van der Waals surface area contributed by atoms with Crippen molar-refractivity contribution < 1.29 is 13.2 Å². The Bertz CT molecular complexity index is 654. The molecule has 0 spiro atoms. The molecule has 1 aromatic rings. The lowest BCUT2D eigenvalue weighted by Crippen LogP contribution is -2.38. The maximum absolute atomic E-state index is 11.9. The number of amides is 1. The van der Waals surface area contributed by atoms with E-state index in [4.69, 9.17) is 5.73 Å². The first kappa shape index (κ1) is 17.2. The van der Waals surface area contributed by atoms with Crippen LogP contribution in [-0.4, -0.2) is 32.4 Å². The van der Waals surface area contributed by atoms with E-state index in [1.807, 2.05) is 24.3 Å². The lowest BCUT2D eigenvalue weighted by Gasteiger charge is -2.17. The molecule has 1 rings (SSSR count). The van der Waals surface area contributed by atoms with Crippen LogP contribution in [0.2, 0.25) is 0 Å². The number of sulfone groups is 1. The Morgan fingerprint density at radius 2 is 1.86 bits per heavy atom. The number of nitrogens with two attached hydrogens (primary N) is 1. The smallest absolute Gasteiger partial charge is 0.238 e. The highest BCUT2D eigenvalue weighted by Crippen LogP contribution is 2.14. The Morgan fingerprint density at radius 1 is 1.29 bits per heavy atom. The molecule has 0 saturated carbocycles. The molecular weight excluding hydrogens is 288 g/mol. The summed E-state index contributed by atoms with van der Waals surface area (Å²) in [7, 11) is -3.39. The Kier molecular flexibility index (Phi) is 5.94. The highest BCUT2D eigenvalue weighted by Gasteiger charge is 2.24. The molecule has 2 atom stereocenters. The molecule has 114 valence electrons. The van der Waals surface area contributed by atoms with E-state index < -0.39 is 21.0 Å².